The Balaban J connectivity index is 2.83. The molecular formula is C17H28N2O5S. The van der Waals surface area contributed by atoms with Crippen molar-refractivity contribution in [1.82, 2.24) is 9.62 Å². The van der Waals surface area contributed by atoms with Crippen molar-refractivity contribution in [3.05, 3.63) is 24.3 Å². The predicted octanol–water partition coefficient (Wildman–Crippen LogP) is 2.62. The summed E-state index contributed by atoms with van der Waals surface area (Å²) >= 11 is 0. The number of amides is 1. The van der Waals surface area contributed by atoms with E-state index in [1.165, 1.54) is 30.6 Å². The smallest absolute Gasteiger partial charge is 0.408 e. The third-order valence-electron chi connectivity index (χ3n) is 3.22. The molecule has 0 aliphatic carbocycles. The lowest BCUT2D eigenvalue weighted by molar-refractivity contribution is 0.0464. The average molecular weight is 372 g/mol. The van der Waals surface area contributed by atoms with Crippen LogP contribution in [0.15, 0.2) is 29.2 Å². The molecule has 0 bridgehead atoms. The predicted molar refractivity (Wildman–Crippen MR) is 96.3 cm³/mol. The SMILES string of the molecule is COc1ccc(S(=O)(=O)N(C)CC(C)(C)NC(=O)OC(C)(C)C)cc1. The Labute approximate surface area is 150 Å². The van der Waals surface area contributed by atoms with Gasteiger partial charge >= 0.3 is 6.09 Å². The summed E-state index contributed by atoms with van der Waals surface area (Å²) in [5.41, 5.74) is -1.43. The van der Waals surface area contributed by atoms with Crippen molar-refractivity contribution in [3.63, 3.8) is 0 Å². The Morgan fingerprint density at radius 1 is 1.12 bits per heavy atom. The van der Waals surface area contributed by atoms with Crippen LogP contribution in [0.4, 0.5) is 4.79 Å². The normalized spacial score (nSPS) is 12.8. The number of likely N-dealkylation sites (N-methyl/N-ethyl adjacent to an activating group) is 1. The molecule has 0 aliphatic heterocycles. The summed E-state index contributed by atoms with van der Waals surface area (Å²) in [5.74, 6) is 0.577. The van der Waals surface area contributed by atoms with Crippen molar-refractivity contribution in [2.24, 2.45) is 0 Å². The summed E-state index contributed by atoms with van der Waals surface area (Å²) in [4.78, 5) is 12.1. The fraction of sp³-hybridized carbons (Fsp3) is 0.588. The van der Waals surface area contributed by atoms with E-state index in [1.54, 1.807) is 46.8 Å². The topological polar surface area (TPSA) is 84.9 Å². The van der Waals surface area contributed by atoms with Crippen molar-refractivity contribution in [3.8, 4) is 5.75 Å². The van der Waals surface area contributed by atoms with Gasteiger partial charge in [0.2, 0.25) is 10.0 Å². The Hall–Kier alpha value is -1.80. The zero-order valence-corrected chi connectivity index (χ0v) is 16.7. The van der Waals surface area contributed by atoms with Crippen molar-refractivity contribution in [2.45, 2.75) is 50.7 Å². The molecule has 1 amide bonds. The molecule has 8 heteroatoms. The lowest BCUT2D eigenvalue weighted by Gasteiger charge is -2.32. The van der Waals surface area contributed by atoms with Gasteiger partial charge in [-0.2, -0.15) is 4.31 Å². The van der Waals surface area contributed by atoms with E-state index >= 15 is 0 Å². The second kappa shape index (κ2) is 7.61. The minimum absolute atomic E-state index is 0.0839. The number of methoxy groups -OCH3 is 1. The average Bonchev–Trinajstić information content (AvgIpc) is 2.43. The third-order valence-corrected chi connectivity index (χ3v) is 5.04. The van der Waals surface area contributed by atoms with Crippen LogP contribution in [-0.4, -0.2) is 50.7 Å². The van der Waals surface area contributed by atoms with E-state index in [1.807, 2.05) is 0 Å². The summed E-state index contributed by atoms with van der Waals surface area (Å²) in [6.07, 6.45) is -0.590. The quantitative estimate of drug-likeness (QED) is 0.830. The van der Waals surface area contributed by atoms with Crippen LogP contribution >= 0.6 is 0 Å². The number of alkyl carbamates (subject to hydrolysis) is 1. The van der Waals surface area contributed by atoms with Gasteiger partial charge < -0.3 is 14.8 Å². The van der Waals surface area contributed by atoms with Crippen LogP contribution in [0.5, 0.6) is 5.75 Å². The molecule has 0 spiro atoms. The van der Waals surface area contributed by atoms with E-state index in [2.05, 4.69) is 5.32 Å². The first-order chi connectivity index (χ1) is 11.3. The molecule has 142 valence electrons. The second-order valence-electron chi connectivity index (χ2n) is 7.45. The molecule has 0 aliphatic rings. The number of nitrogens with zero attached hydrogens (tertiary/aromatic N) is 1. The Morgan fingerprint density at radius 2 is 1.64 bits per heavy atom. The second-order valence-corrected chi connectivity index (χ2v) is 9.49. The molecule has 1 rings (SSSR count). The van der Waals surface area contributed by atoms with Crippen LogP contribution in [-0.2, 0) is 14.8 Å². The highest BCUT2D eigenvalue weighted by atomic mass is 32.2. The highest BCUT2D eigenvalue weighted by Crippen LogP contribution is 2.20. The molecule has 0 aromatic heterocycles. The molecule has 1 N–H and O–H groups in total. The van der Waals surface area contributed by atoms with Gasteiger partial charge in [-0.05, 0) is 58.9 Å². The zero-order valence-electron chi connectivity index (χ0n) is 15.9. The first-order valence-electron chi connectivity index (χ1n) is 7.88. The van der Waals surface area contributed by atoms with Gasteiger partial charge in [0.1, 0.15) is 11.4 Å². The number of nitrogens with one attached hydrogen (secondary N) is 1. The van der Waals surface area contributed by atoms with E-state index in [4.69, 9.17) is 9.47 Å². The molecule has 0 saturated heterocycles. The molecule has 1 aromatic rings. The van der Waals surface area contributed by atoms with Gasteiger partial charge in [-0.1, -0.05) is 0 Å². The van der Waals surface area contributed by atoms with Gasteiger partial charge in [-0.3, -0.25) is 0 Å². The molecule has 1 aromatic carbocycles. The van der Waals surface area contributed by atoms with Gasteiger partial charge in [0.05, 0.1) is 17.5 Å². The van der Waals surface area contributed by atoms with Gasteiger partial charge in [-0.25, -0.2) is 13.2 Å². The summed E-state index contributed by atoms with van der Waals surface area (Å²) < 4.78 is 36.8. The third kappa shape index (κ3) is 6.55. The highest BCUT2D eigenvalue weighted by Gasteiger charge is 2.30. The minimum Gasteiger partial charge on any atom is -0.497 e. The van der Waals surface area contributed by atoms with Crippen molar-refractivity contribution in [1.29, 1.82) is 0 Å². The first kappa shape index (κ1) is 21.2. The molecule has 0 fully saturated rings. The largest absolute Gasteiger partial charge is 0.497 e. The maximum absolute atomic E-state index is 12.7. The number of hydrogen-bond acceptors (Lipinski definition) is 5. The van der Waals surface area contributed by atoms with Crippen LogP contribution in [0.1, 0.15) is 34.6 Å². The lowest BCUT2D eigenvalue weighted by Crippen LogP contribution is -2.52. The molecule has 0 heterocycles. The number of carbonyl (C=O) groups is 1. The molecule has 0 saturated carbocycles. The summed E-state index contributed by atoms with van der Waals surface area (Å²) in [6.45, 7) is 8.84. The standard InChI is InChI=1S/C17H28N2O5S/c1-16(2,3)24-15(20)18-17(4,5)12-19(6)25(21,22)14-10-8-13(23-7)9-11-14/h8-11H,12H2,1-7H3,(H,18,20). The number of carbonyl (C=O) groups excluding carboxylic acids is 1. The van der Waals surface area contributed by atoms with E-state index < -0.39 is 27.3 Å². The van der Waals surface area contributed by atoms with E-state index in [0.29, 0.717) is 5.75 Å². The van der Waals surface area contributed by atoms with Crippen molar-refractivity contribution in [2.75, 3.05) is 20.7 Å². The first-order valence-corrected chi connectivity index (χ1v) is 9.32. The summed E-state index contributed by atoms with van der Waals surface area (Å²) in [6, 6.07) is 6.15. The van der Waals surface area contributed by atoms with Gasteiger partial charge in [-0.15, -0.1) is 0 Å². The van der Waals surface area contributed by atoms with E-state index in [-0.39, 0.29) is 11.4 Å². The molecular weight excluding hydrogens is 344 g/mol. The Bertz CT molecular complexity index is 691. The van der Waals surface area contributed by atoms with Crippen LogP contribution in [0.2, 0.25) is 0 Å². The Morgan fingerprint density at radius 3 is 2.08 bits per heavy atom. The van der Waals surface area contributed by atoms with Crippen LogP contribution < -0.4 is 10.1 Å². The van der Waals surface area contributed by atoms with Gasteiger partial charge in [0.25, 0.3) is 0 Å². The maximum Gasteiger partial charge on any atom is 0.408 e. The van der Waals surface area contributed by atoms with Crippen LogP contribution in [0.25, 0.3) is 0 Å². The van der Waals surface area contributed by atoms with Crippen LogP contribution in [0.3, 0.4) is 0 Å². The zero-order chi connectivity index (χ0) is 19.5. The molecule has 7 nitrogen and oxygen atoms in total. The minimum atomic E-state index is -3.68. The van der Waals surface area contributed by atoms with Crippen LogP contribution in [0, 0.1) is 0 Å². The number of rotatable bonds is 6. The van der Waals surface area contributed by atoms with Crippen molar-refractivity contribution < 1.29 is 22.7 Å². The maximum atomic E-state index is 12.7. The highest BCUT2D eigenvalue weighted by molar-refractivity contribution is 7.89. The molecule has 0 unspecified atom stereocenters. The Kier molecular flexibility index (Phi) is 6.47. The van der Waals surface area contributed by atoms with Gasteiger partial charge in [0, 0.05) is 13.6 Å². The lowest BCUT2D eigenvalue weighted by atomic mass is 10.1. The van der Waals surface area contributed by atoms with Crippen molar-refractivity contribution >= 4 is 16.1 Å². The van der Waals surface area contributed by atoms with E-state index in [0.717, 1.165) is 0 Å². The summed E-state index contributed by atoms with van der Waals surface area (Å²) in [5, 5.41) is 2.70. The van der Waals surface area contributed by atoms with E-state index in [9.17, 15) is 13.2 Å². The fourth-order valence-electron chi connectivity index (χ4n) is 2.19. The molecule has 0 radical (unpaired) electrons. The number of benzene rings is 1. The number of sulfonamides is 1. The number of hydrogen-bond donors (Lipinski definition) is 1. The molecule has 0 atom stereocenters. The van der Waals surface area contributed by atoms with Gasteiger partial charge in [0.15, 0.2) is 0 Å². The monoisotopic (exact) mass is 372 g/mol. The fourth-order valence-corrected chi connectivity index (χ4v) is 3.52. The summed E-state index contributed by atoms with van der Waals surface area (Å²) in [7, 11) is -0.698. The molecule has 25 heavy (non-hydrogen) atoms. The number of ether oxygens (including phenoxy) is 2.